The number of allylic oxidation sites excluding steroid dienone is 2. The summed E-state index contributed by atoms with van der Waals surface area (Å²) in [6.07, 6.45) is 5.05. The topological polar surface area (TPSA) is 26.3 Å². The van der Waals surface area contributed by atoms with Gasteiger partial charge >= 0.3 is 5.97 Å². The fourth-order valence-corrected chi connectivity index (χ4v) is 3.56. The van der Waals surface area contributed by atoms with Gasteiger partial charge < -0.3 is 4.74 Å². The van der Waals surface area contributed by atoms with Gasteiger partial charge in [0, 0.05) is 21.1 Å². The number of rotatable bonds is 8. The van der Waals surface area contributed by atoms with E-state index in [1.165, 1.54) is 6.08 Å². The Kier molecular flexibility index (Phi) is 8.99. The lowest BCUT2D eigenvalue weighted by Crippen LogP contribution is -2.02. The van der Waals surface area contributed by atoms with Crippen molar-refractivity contribution in [3.63, 3.8) is 0 Å². The molecule has 3 rings (SSSR count). The largest absolute Gasteiger partial charge is 0.463 e. The number of esters is 1. The molecule has 5 heteroatoms. The van der Waals surface area contributed by atoms with E-state index in [9.17, 15) is 4.79 Å². The standard InChI is InChI=1S/C27H23Cl3O2/c1-2-3-18-32-26(31)17-16-25(19-4-10-22(28)11-5-19)27(20-6-12-23(29)13-7-20)21-8-14-24(30)15-9-21/h4-17H,2-3,18H2,1H3/b17-16+. The van der Waals surface area contributed by atoms with Crippen LogP contribution in [-0.4, -0.2) is 12.6 Å². The molecule has 0 aromatic heterocycles. The number of carbonyl (C=O) groups is 1. The van der Waals surface area contributed by atoms with Gasteiger partial charge in [-0.05, 0) is 76.7 Å². The zero-order valence-corrected chi connectivity index (χ0v) is 19.9. The van der Waals surface area contributed by atoms with Crippen LogP contribution >= 0.6 is 34.8 Å². The molecule has 0 unspecified atom stereocenters. The normalized spacial score (nSPS) is 10.9. The van der Waals surface area contributed by atoms with E-state index in [1.807, 2.05) is 72.8 Å². The van der Waals surface area contributed by atoms with Crippen LogP contribution < -0.4 is 0 Å². The van der Waals surface area contributed by atoms with Crippen molar-refractivity contribution in [2.24, 2.45) is 0 Å². The van der Waals surface area contributed by atoms with E-state index >= 15 is 0 Å². The molecule has 0 aliphatic carbocycles. The quantitative estimate of drug-likeness (QED) is 0.105. The third-order valence-electron chi connectivity index (χ3n) is 4.82. The summed E-state index contributed by atoms with van der Waals surface area (Å²) >= 11 is 18.4. The minimum absolute atomic E-state index is 0.378. The van der Waals surface area contributed by atoms with E-state index in [0.717, 1.165) is 40.7 Å². The highest BCUT2D eigenvalue weighted by molar-refractivity contribution is 6.31. The van der Waals surface area contributed by atoms with E-state index < -0.39 is 0 Å². The Bertz CT molecular complexity index is 1050. The van der Waals surface area contributed by atoms with E-state index in [1.54, 1.807) is 6.08 Å². The lowest BCUT2D eigenvalue weighted by molar-refractivity contribution is -0.137. The minimum Gasteiger partial charge on any atom is -0.463 e. The maximum atomic E-state index is 12.3. The van der Waals surface area contributed by atoms with Crippen molar-refractivity contribution in [1.82, 2.24) is 0 Å². The summed E-state index contributed by atoms with van der Waals surface area (Å²) in [5, 5.41) is 1.93. The Hall–Kier alpha value is -2.52. The summed E-state index contributed by atoms with van der Waals surface area (Å²) < 4.78 is 5.31. The summed E-state index contributed by atoms with van der Waals surface area (Å²) in [5.74, 6) is -0.378. The summed E-state index contributed by atoms with van der Waals surface area (Å²) in [6.45, 7) is 2.45. The first-order chi connectivity index (χ1) is 15.5. The van der Waals surface area contributed by atoms with Crippen LogP contribution in [0.25, 0.3) is 11.1 Å². The fourth-order valence-electron chi connectivity index (χ4n) is 3.18. The van der Waals surface area contributed by atoms with Gasteiger partial charge in [-0.3, -0.25) is 0 Å². The number of hydrogen-bond donors (Lipinski definition) is 0. The molecule has 2 nitrogen and oxygen atoms in total. The van der Waals surface area contributed by atoms with E-state index in [-0.39, 0.29) is 5.97 Å². The number of ether oxygens (including phenoxy) is 1. The molecule has 0 aliphatic heterocycles. The van der Waals surface area contributed by atoms with E-state index in [2.05, 4.69) is 6.92 Å². The maximum absolute atomic E-state index is 12.3. The highest BCUT2D eigenvalue weighted by Crippen LogP contribution is 2.35. The highest BCUT2D eigenvalue weighted by Gasteiger charge is 2.13. The number of hydrogen-bond acceptors (Lipinski definition) is 2. The minimum atomic E-state index is -0.378. The molecule has 0 heterocycles. The predicted molar refractivity (Wildman–Crippen MR) is 135 cm³/mol. The van der Waals surface area contributed by atoms with Gasteiger partial charge in [0.1, 0.15) is 0 Å². The van der Waals surface area contributed by atoms with Gasteiger partial charge in [0.05, 0.1) is 6.61 Å². The molecule has 0 aliphatic rings. The zero-order valence-electron chi connectivity index (χ0n) is 17.7. The average Bonchev–Trinajstić information content (AvgIpc) is 2.79. The predicted octanol–water partition coefficient (Wildman–Crippen LogP) is 8.51. The van der Waals surface area contributed by atoms with Crippen LogP contribution in [0.1, 0.15) is 36.5 Å². The Balaban J connectivity index is 2.18. The monoisotopic (exact) mass is 484 g/mol. The number of halogens is 3. The number of benzene rings is 3. The van der Waals surface area contributed by atoms with Crippen LogP contribution in [0, 0.1) is 0 Å². The molecule has 32 heavy (non-hydrogen) atoms. The molecule has 3 aromatic carbocycles. The average molecular weight is 486 g/mol. The van der Waals surface area contributed by atoms with Crippen LogP contribution in [-0.2, 0) is 9.53 Å². The van der Waals surface area contributed by atoms with Crippen LogP contribution in [0.3, 0.4) is 0 Å². The Morgan fingerprint density at radius 3 is 1.59 bits per heavy atom. The van der Waals surface area contributed by atoms with Crippen molar-refractivity contribution in [3.8, 4) is 0 Å². The molecule has 0 amide bonds. The third-order valence-corrected chi connectivity index (χ3v) is 5.57. The van der Waals surface area contributed by atoms with Gasteiger partial charge in [0.25, 0.3) is 0 Å². The van der Waals surface area contributed by atoms with Crippen molar-refractivity contribution >= 4 is 51.9 Å². The van der Waals surface area contributed by atoms with Gasteiger partial charge in [0.15, 0.2) is 0 Å². The molecular weight excluding hydrogens is 463 g/mol. The summed E-state index contributed by atoms with van der Waals surface area (Å²) in [7, 11) is 0. The first-order valence-corrected chi connectivity index (χ1v) is 11.5. The fraction of sp³-hybridized carbons (Fsp3) is 0.148. The van der Waals surface area contributed by atoms with Gasteiger partial charge in [-0.1, -0.05) is 84.5 Å². The SMILES string of the molecule is CCCCOC(=O)/C=C/C(=C(c1ccc(Cl)cc1)c1ccc(Cl)cc1)c1ccc(Cl)cc1. The number of carbonyl (C=O) groups excluding carboxylic acids is 1. The second-order valence-electron chi connectivity index (χ2n) is 7.16. The van der Waals surface area contributed by atoms with Crippen LogP contribution in [0.2, 0.25) is 15.1 Å². The lowest BCUT2D eigenvalue weighted by atomic mass is 9.89. The van der Waals surface area contributed by atoms with Gasteiger partial charge in [0.2, 0.25) is 0 Å². The van der Waals surface area contributed by atoms with Crippen LogP contribution in [0.5, 0.6) is 0 Å². The van der Waals surface area contributed by atoms with Crippen molar-refractivity contribution in [1.29, 1.82) is 0 Å². The van der Waals surface area contributed by atoms with Crippen molar-refractivity contribution < 1.29 is 9.53 Å². The van der Waals surface area contributed by atoms with Gasteiger partial charge in [-0.15, -0.1) is 0 Å². The van der Waals surface area contributed by atoms with Gasteiger partial charge in [-0.25, -0.2) is 4.79 Å². The second kappa shape index (κ2) is 11.9. The molecule has 3 aromatic rings. The van der Waals surface area contributed by atoms with Crippen molar-refractivity contribution in [3.05, 3.63) is 117 Å². The Morgan fingerprint density at radius 2 is 1.16 bits per heavy atom. The zero-order chi connectivity index (χ0) is 22.9. The first-order valence-electron chi connectivity index (χ1n) is 10.3. The molecule has 0 radical (unpaired) electrons. The van der Waals surface area contributed by atoms with Crippen molar-refractivity contribution in [2.45, 2.75) is 19.8 Å². The van der Waals surface area contributed by atoms with Crippen LogP contribution in [0.15, 0.2) is 84.9 Å². The second-order valence-corrected chi connectivity index (χ2v) is 8.47. The first kappa shape index (κ1) is 24.1. The molecule has 0 atom stereocenters. The molecule has 0 N–H and O–H groups in total. The molecule has 0 spiro atoms. The van der Waals surface area contributed by atoms with Crippen molar-refractivity contribution in [2.75, 3.05) is 6.61 Å². The van der Waals surface area contributed by atoms with E-state index in [0.29, 0.717) is 21.7 Å². The highest BCUT2D eigenvalue weighted by atomic mass is 35.5. The molecule has 164 valence electrons. The summed E-state index contributed by atoms with van der Waals surface area (Å²) in [6, 6.07) is 22.7. The summed E-state index contributed by atoms with van der Waals surface area (Å²) in [4.78, 5) is 12.3. The lowest BCUT2D eigenvalue weighted by Gasteiger charge is -2.15. The molecule has 0 bridgehead atoms. The smallest absolute Gasteiger partial charge is 0.330 e. The Morgan fingerprint density at radius 1 is 0.719 bits per heavy atom. The summed E-state index contributed by atoms with van der Waals surface area (Å²) in [5.41, 5.74) is 4.58. The maximum Gasteiger partial charge on any atom is 0.330 e. The van der Waals surface area contributed by atoms with Gasteiger partial charge in [-0.2, -0.15) is 0 Å². The molecular formula is C27H23Cl3O2. The number of unbranched alkanes of at least 4 members (excludes halogenated alkanes) is 1. The Labute approximate surface area is 204 Å². The molecule has 0 saturated carbocycles. The third kappa shape index (κ3) is 6.74. The van der Waals surface area contributed by atoms with Crippen LogP contribution in [0.4, 0.5) is 0 Å². The van der Waals surface area contributed by atoms with E-state index in [4.69, 9.17) is 39.5 Å². The molecule has 0 saturated heterocycles. The molecule has 0 fully saturated rings.